The summed E-state index contributed by atoms with van der Waals surface area (Å²) in [7, 11) is 0. The Hall–Kier alpha value is -2.99. The van der Waals surface area contributed by atoms with Crippen LogP contribution in [0.1, 0.15) is 18.9 Å². The molecule has 2 aromatic carbocycles. The lowest BCUT2D eigenvalue weighted by molar-refractivity contribution is -0.120. The van der Waals surface area contributed by atoms with E-state index < -0.39 is 5.60 Å². The molecule has 24 heavy (non-hydrogen) atoms. The third-order valence-corrected chi connectivity index (χ3v) is 3.76. The fraction of sp³-hybridized carbons (Fsp3) is 0.167. The first kappa shape index (κ1) is 15.9. The van der Waals surface area contributed by atoms with Crippen LogP contribution in [0.2, 0.25) is 0 Å². The van der Waals surface area contributed by atoms with E-state index >= 15 is 0 Å². The molecule has 1 unspecified atom stereocenters. The van der Waals surface area contributed by atoms with Crippen LogP contribution in [0.15, 0.2) is 60.9 Å². The number of benzene rings is 2. The van der Waals surface area contributed by atoms with Gasteiger partial charge in [-0.15, -0.1) is 0 Å². The number of nitrogens with one attached hydrogen (secondary N) is 2. The fourth-order valence-electron chi connectivity index (χ4n) is 2.47. The normalized spacial score (nSPS) is 13.2. The quantitative estimate of drug-likeness (QED) is 0.673. The lowest BCUT2D eigenvalue weighted by atomic mass is 9.92. The van der Waals surface area contributed by atoms with Crippen LogP contribution >= 0.6 is 0 Å². The minimum Gasteiger partial charge on any atom is -0.385 e. The Balaban J connectivity index is 1.64. The number of aliphatic hydroxyl groups is 1. The molecule has 0 fully saturated rings. The smallest absolute Gasteiger partial charge is 0.227 e. The summed E-state index contributed by atoms with van der Waals surface area (Å²) in [5.74, 6) is 0.413. The molecule has 1 heterocycles. The maximum absolute atomic E-state index is 12.2. The Morgan fingerprint density at radius 2 is 1.88 bits per heavy atom. The molecule has 0 aliphatic carbocycles. The number of amides is 1. The maximum Gasteiger partial charge on any atom is 0.227 e. The average Bonchev–Trinajstić information content (AvgIpc) is 3.10. The van der Waals surface area contributed by atoms with Gasteiger partial charge in [-0.25, -0.2) is 4.98 Å². The van der Waals surface area contributed by atoms with Gasteiger partial charge in [-0.3, -0.25) is 9.89 Å². The molecule has 3 rings (SSSR count). The molecule has 0 saturated carbocycles. The molecule has 0 radical (unpaired) electrons. The van der Waals surface area contributed by atoms with Crippen LogP contribution in [0.4, 0.5) is 5.69 Å². The van der Waals surface area contributed by atoms with Crippen LogP contribution in [-0.4, -0.2) is 26.2 Å². The first-order valence-electron chi connectivity index (χ1n) is 7.58. The average molecular weight is 322 g/mol. The summed E-state index contributed by atoms with van der Waals surface area (Å²) in [6.45, 7) is 1.63. The van der Waals surface area contributed by atoms with E-state index in [9.17, 15) is 9.90 Å². The zero-order valence-electron chi connectivity index (χ0n) is 13.2. The van der Waals surface area contributed by atoms with Gasteiger partial charge in [0.05, 0.1) is 12.0 Å². The van der Waals surface area contributed by atoms with Crippen molar-refractivity contribution in [3.8, 4) is 11.4 Å². The van der Waals surface area contributed by atoms with Gasteiger partial charge in [-0.2, -0.15) is 5.10 Å². The van der Waals surface area contributed by atoms with E-state index in [-0.39, 0.29) is 12.3 Å². The molecule has 6 heteroatoms. The summed E-state index contributed by atoms with van der Waals surface area (Å²) < 4.78 is 0. The van der Waals surface area contributed by atoms with E-state index in [1.54, 1.807) is 31.2 Å². The first-order chi connectivity index (χ1) is 11.5. The number of nitrogens with zero attached hydrogens (tertiary/aromatic N) is 2. The van der Waals surface area contributed by atoms with Crippen LogP contribution in [-0.2, 0) is 10.4 Å². The maximum atomic E-state index is 12.2. The van der Waals surface area contributed by atoms with Gasteiger partial charge in [-0.05, 0) is 36.8 Å². The number of carbonyl (C=O) groups excluding carboxylic acids is 1. The molecule has 1 aromatic heterocycles. The van der Waals surface area contributed by atoms with Gasteiger partial charge in [0.2, 0.25) is 5.91 Å². The lowest BCUT2D eigenvalue weighted by Crippen LogP contribution is -2.28. The molecule has 0 bridgehead atoms. The Kier molecular flexibility index (Phi) is 4.39. The van der Waals surface area contributed by atoms with E-state index in [0.29, 0.717) is 17.1 Å². The molecule has 0 saturated heterocycles. The molecule has 6 nitrogen and oxygen atoms in total. The second kappa shape index (κ2) is 6.64. The van der Waals surface area contributed by atoms with E-state index in [0.717, 1.165) is 5.56 Å². The number of hydrogen-bond acceptors (Lipinski definition) is 4. The zero-order chi connectivity index (χ0) is 17.0. The van der Waals surface area contributed by atoms with E-state index in [4.69, 9.17) is 0 Å². The summed E-state index contributed by atoms with van der Waals surface area (Å²) in [4.78, 5) is 16.3. The summed E-state index contributed by atoms with van der Waals surface area (Å²) in [5, 5.41) is 19.9. The highest BCUT2D eigenvalue weighted by molar-refractivity contribution is 5.91. The highest BCUT2D eigenvalue weighted by atomic mass is 16.3. The fourth-order valence-corrected chi connectivity index (χ4v) is 2.47. The molecule has 1 amide bonds. The van der Waals surface area contributed by atoms with E-state index in [1.807, 2.05) is 30.3 Å². The van der Waals surface area contributed by atoms with Crippen molar-refractivity contribution < 1.29 is 9.90 Å². The SMILES string of the molecule is CC(O)(CC(=O)Nc1ccc(-c2ncn[nH]2)cc1)c1ccccc1. The molecule has 3 N–H and O–H groups in total. The number of H-pyrrole nitrogens is 1. The summed E-state index contributed by atoms with van der Waals surface area (Å²) in [6, 6.07) is 16.4. The largest absolute Gasteiger partial charge is 0.385 e. The summed E-state index contributed by atoms with van der Waals surface area (Å²) >= 11 is 0. The van der Waals surface area contributed by atoms with Gasteiger partial charge in [0, 0.05) is 11.3 Å². The third-order valence-electron chi connectivity index (χ3n) is 3.76. The Morgan fingerprint density at radius 1 is 1.17 bits per heavy atom. The molecule has 0 spiro atoms. The van der Waals surface area contributed by atoms with Crippen LogP contribution in [0.3, 0.4) is 0 Å². The van der Waals surface area contributed by atoms with Crippen molar-refractivity contribution in [3.63, 3.8) is 0 Å². The first-order valence-corrected chi connectivity index (χ1v) is 7.58. The lowest BCUT2D eigenvalue weighted by Gasteiger charge is -2.23. The second-order valence-electron chi connectivity index (χ2n) is 5.78. The zero-order valence-corrected chi connectivity index (χ0v) is 13.2. The number of rotatable bonds is 5. The summed E-state index contributed by atoms with van der Waals surface area (Å²) in [6.07, 6.45) is 1.41. The van der Waals surface area contributed by atoms with Crippen molar-refractivity contribution in [2.75, 3.05) is 5.32 Å². The third kappa shape index (κ3) is 3.67. The van der Waals surface area contributed by atoms with Crippen LogP contribution in [0, 0.1) is 0 Å². The van der Waals surface area contributed by atoms with Crippen molar-refractivity contribution in [3.05, 3.63) is 66.5 Å². The monoisotopic (exact) mass is 322 g/mol. The Bertz CT molecular complexity index is 797. The van der Waals surface area contributed by atoms with Gasteiger partial charge >= 0.3 is 0 Å². The Labute approximate surface area is 139 Å². The van der Waals surface area contributed by atoms with Gasteiger partial charge in [0.25, 0.3) is 0 Å². The molecular weight excluding hydrogens is 304 g/mol. The van der Waals surface area contributed by atoms with Gasteiger partial charge in [-0.1, -0.05) is 30.3 Å². The van der Waals surface area contributed by atoms with Crippen molar-refractivity contribution in [2.45, 2.75) is 18.9 Å². The molecule has 1 atom stereocenters. The number of anilines is 1. The predicted molar refractivity (Wildman–Crippen MR) is 91.1 cm³/mol. The number of aromatic nitrogens is 3. The standard InChI is InChI=1S/C18H18N4O2/c1-18(24,14-5-3-2-4-6-14)11-16(23)21-15-9-7-13(8-10-15)17-19-12-20-22-17/h2-10,12,24H,11H2,1H3,(H,21,23)(H,19,20,22). The molecule has 122 valence electrons. The summed E-state index contributed by atoms with van der Waals surface area (Å²) in [5.41, 5.74) is 1.03. The predicted octanol–water partition coefficient (Wildman–Crippen LogP) is 2.71. The molecule has 3 aromatic rings. The second-order valence-corrected chi connectivity index (χ2v) is 5.78. The van der Waals surface area contributed by atoms with Crippen molar-refractivity contribution in [1.82, 2.24) is 15.2 Å². The van der Waals surface area contributed by atoms with Crippen molar-refractivity contribution >= 4 is 11.6 Å². The molecule has 0 aliphatic heterocycles. The minimum atomic E-state index is -1.22. The van der Waals surface area contributed by atoms with E-state index in [2.05, 4.69) is 20.5 Å². The van der Waals surface area contributed by atoms with Crippen LogP contribution < -0.4 is 5.32 Å². The Morgan fingerprint density at radius 3 is 2.50 bits per heavy atom. The van der Waals surface area contributed by atoms with Crippen LogP contribution in [0.25, 0.3) is 11.4 Å². The minimum absolute atomic E-state index is 0.0269. The van der Waals surface area contributed by atoms with Gasteiger partial charge in [0.1, 0.15) is 6.33 Å². The molecule has 0 aliphatic rings. The van der Waals surface area contributed by atoms with Crippen LogP contribution in [0.5, 0.6) is 0 Å². The van der Waals surface area contributed by atoms with Gasteiger partial charge < -0.3 is 10.4 Å². The van der Waals surface area contributed by atoms with Crippen molar-refractivity contribution in [2.24, 2.45) is 0 Å². The van der Waals surface area contributed by atoms with E-state index in [1.165, 1.54) is 6.33 Å². The number of aromatic amines is 1. The topological polar surface area (TPSA) is 90.9 Å². The number of hydrogen-bond donors (Lipinski definition) is 3. The number of carbonyl (C=O) groups is 1. The van der Waals surface area contributed by atoms with Crippen molar-refractivity contribution in [1.29, 1.82) is 0 Å². The highest BCUT2D eigenvalue weighted by Crippen LogP contribution is 2.25. The van der Waals surface area contributed by atoms with Gasteiger partial charge in [0.15, 0.2) is 5.82 Å². The molecular formula is C18H18N4O2. The highest BCUT2D eigenvalue weighted by Gasteiger charge is 2.26.